The summed E-state index contributed by atoms with van der Waals surface area (Å²) in [6.45, 7) is 0. The number of isocyanates is 1. The fraction of sp³-hybridized carbons (Fsp3) is 0. The van der Waals surface area contributed by atoms with Gasteiger partial charge in [-0.3, -0.25) is 0 Å². The summed E-state index contributed by atoms with van der Waals surface area (Å²) in [5, 5.41) is 17.5. The number of sulfonamides is 1. The van der Waals surface area contributed by atoms with Crippen molar-refractivity contribution in [2.24, 2.45) is 4.40 Å². The highest BCUT2D eigenvalue weighted by Gasteiger charge is 2.23. The monoisotopic (exact) mass is 271 g/mol. The summed E-state index contributed by atoms with van der Waals surface area (Å²) in [5.74, 6) is -3.04. The number of nitrogens with zero attached hydrogens (tertiary/aromatic N) is 1. The minimum Gasteiger partial charge on any atom is -0.478 e. The summed E-state index contributed by atoms with van der Waals surface area (Å²) in [4.78, 5) is 30.6. The maximum atomic E-state index is 11.4. The summed E-state index contributed by atoms with van der Waals surface area (Å²) < 4.78 is 25.4. The molecule has 1 aromatic rings. The number of aromatic carboxylic acids is 2. The predicted octanol–water partition coefficient (Wildman–Crippen LogP) is 0.108. The number of hydrogen-bond acceptors (Lipinski definition) is 5. The highest BCUT2D eigenvalue weighted by Crippen LogP contribution is 2.20. The average molecular weight is 271 g/mol. The Morgan fingerprint density at radius 1 is 1.17 bits per heavy atom. The summed E-state index contributed by atoms with van der Waals surface area (Å²) >= 11 is 0. The fourth-order valence-electron chi connectivity index (χ4n) is 1.14. The van der Waals surface area contributed by atoms with Gasteiger partial charge in [0.05, 0.1) is 11.1 Å². The molecule has 0 bridgehead atoms. The van der Waals surface area contributed by atoms with E-state index < -0.39 is 38.0 Å². The van der Waals surface area contributed by atoms with Crippen molar-refractivity contribution in [3.05, 3.63) is 29.3 Å². The second-order valence-corrected chi connectivity index (χ2v) is 4.55. The molecule has 0 saturated carbocycles. The van der Waals surface area contributed by atoms with E-state index >= 15 is 0 Å². The van der Waals surface area contributed by atoms with E-state index in [1.165, 1.54) is 0 Å². The molecule has 94 valence electrons. The Bertz CT molecular complexity index is 670. The van der Waals surface area contributed by atoms with Gasteiger partial charge in [0.1, 0.15) is 4.90 Å². The van der Waals surface area contributed by atoms with Crippen molar-refractivity contribution in [1.82, 2.24) is 0 Å². The third-order valence-electron chi connectivity index (χ3n) is 1.89. The molecule has 8 nitrogen and oxygen atoms in total. The second-order valence-electron chi connectivity index (χ2n) is 2.98. The number of carboxylic acids is 2. The summed E-state index contributed by atoms with van der Waals surface area (Å²) in [7, 11) is -4.58. The Kier molecular flexibility index (Phi) is 3.60. The highest BCUT2D eigenvalue weighted by atomic mass is 32.2. The van der Waals surface area contributed by atoms with Crippen LogP contribution in [0.4, 0.5) is 0 Å². The first-order chi connectivity index (χ1) is 8.29. The number of carbonyl (C=O) groups is 2. The lowest BCUT2D eigenvalue weighted by atomic mass is 10.1. The number of benzene rings is 1. The van der Waals surface area contributed by atoms with Crippen molar-refractivity contribution >= 4 is 28.0 Å². The van der Waals surface area contributed by atoms with E-state index in [4.69, 9.17) is 10.2 Å². The van der Waals surface area contributed by atoms with Crippen molar-refractivity contribution in [3.8, 4) is 0 Å². The van der Waals surface area contributed by atoms with E-state index in [0.29, 0.717) is 6.07 Å². The summed E-state index contributed by atoms with van der Waals surface area (Å²) in [6.07, 6.45) is 0.768. The first-order valence-corrected chi connectivity index (χ1v) is 5.68. The zero-order valence-corrected chi connectivity index (χ0v) is 9.34. The van der Waals surface area contributed by atoms with Crippen LogP contribution in [0.2, 0.25) is 0 Å². The Hall–Kier alpha value is -2.51. The van der Waals surface area contributed by atoms with Crippen LogP contribution in [0.1, 0.15) is 20.7 Å². The van der Waals surface area contributed by atoms with E-state index in [1.807, 2.05) is 0 Å². The Morgan fingerprint density at radius 3 is 2.22 bits per heavy atom. The van der Waals surface area contributed by atoms with Gasteiger partial charge in [0, 0.05) is 0 Å². The van der Waals surface area contributed by atoms with Gasteiger partial charge in [-0.1, -0.05) is 4.40 Å². The number of hydrogen-bond donors (Lipinski definition) is 2. The van der Waals surface area contributed by atoms with Gasteiger partial charge in [-0.25, -0.2) is 14.4 Å². The highest BCUT2D eigenvalue weighted by molar-refractivity contribution is 7.90. The topological polar surface area (TPSA) is 138 Å². The van der Waals surface area contributed by atoms with Gasteiger partial charge >= 0.3 is 11.9 Å². The maximum Gasteiger partial charge on any atom is 0.337 e. The molecule has 9 heteroatoms. The van der Waals surface area contributed by atoms with Crippen LogP contribution in [0.25, 0.3) is 0 Å². The summed E-state index contributed by atoms with van der Waals surface area (Å²) in [5.41, 5.74) is -1.13. The van der Waals surface area contributed by atoms with Gasteiger partial charge in [0.25, 0.3) is 16.1 Å². The normalized spacial score (nSPS) is 10.4. The molecule has 0 aliphatic rings. The number of carbonyl (C=O) groups excluding carboxylic acids is 1. The third kappa shape index (κ3) is 2.59. The van der Waals surface area contributed by atoms with Gasteiger partial charge in [0.2, 0.25) is 0 Å². The van der Waals surface area contributed by atoms with Crippen molar-refractivity contribution in [1.29, 1.82) is 0 Å². The fourth-order valence-corrected chi connectivity index (χ4v) is 2.05. The molecule has 0 atom stereocenters. The van der Waals surface area contributed by atoms with Crippen LogP contribution < -0.4 is 0 Å². The number of rotatable bonds is 4. The largest absolute Gasteiger partial charge is 0.478 e. The molecule has 0 aliphatic heterocycles. The Morgan fingerprint density at radius 2 is 1.78 bits per heavy atom. The molecule has 1 rings (SSSR count). The molecule has 1 aromatic carbocycles. The molecule has 0 radical (unpaired) electrons. The molecule has 2 N–H and O–H groups in total. The lowest BCUT2D eigenvalue weighted by Gasteiger charge is -2.04. The Balaban J connectivity index is 3.66. The van der Waals surface area contributed by atoms with E-state index in [-0.39, 0.29) is 0 Å². The molecule has 0 spiro atoms. The van der Waals surface area contributed by atoms with Crippen molar-refractivity contribution < 1.29 is 33.0 Å². The van der Waals surface area contributed by atoms with Crippen LogP contribution in [0.15, 0.2) is 27.5 Å². The van der Waals surface area contributed by atoms with Crippen molar-refractivity contribution in [2.75, 3.05) is 0 Å². The van der Waals surface area contributed by atoms with Gasteiger partial charge < -0.3 is 10.2 Å². The molecule has 0 heterocycles. The quantitative estimate of drug-likeness (QED) is 0.585. The van der Waals surface area contributed by atoms with Crippen molar-refractivity contribution in [2.45, 2.75) is 4.90 Å². The average Bonchev–Trinajstić information content (AvgIpc) is 2.27. The minimum atomic E-state index is -4.58. The predicted molar refractivity (Wildman–Crippen MR) is 55.7 cm³/mol. The van der Waals surface area contributed by atoms with Gasteiger partial charge in [0.15, 0.2) is 0 Å². The van der Waals surface area contributed by atoms with Gasteiger partial charge in [-0.2, -0.15) is 8.42 Å². The van der Waals surface area contributed by atoms with Crippen LogP contribution in [0.3, 0.4) is 0 Å². The van der Waals surface area contributed by atoms with E-state index in [2.05, 4.69) is 4.40 Å². The second kappa shape index (κ2) is 4.78. The van der Waals surface area contributed by atoms with E-state index in [9.17, 15) is 22.8 Å². The van der Waals surface area contributed by atoms with Crippen LogP contribution in [0.5, 0.6) is 0 Å². The molecule has 0 aliphatic carbocycles. The molecule has 0 fully saturated rings. The summed E-state index contributed by atoms with van der Waals surface area (Å²) in [6, 6.07) is 2.34. The number of carboxylic acid groups (broad SMARTS) is 2. The molecular formula is C9H5NO7S. The van der Waals surface area contributed by atoms with E-state index in [1.54, 1.807) is 0 Å². The molecule has 0 saturated heterocycles. The Labute approximate surface area is 100 Å². The molecule has 0 unspecified atom stereocenters. The first-order valence-electron chi connectivity index (χ1n) is 4.24. The standard InChI is InChI=1S/C9H5NO7S/c11-4-10-18(16,17)7-3-5(8(12)13)1-2-6(7)9(14)15/h1-3H,(H,12,13)(H,14,15). The van der Waals surface area contributed by atoms with Gasteiger partial charge in [-0.05, 0) is 18.2 Å². The van der Waals surface area contributed by atoms with Crippen LogP contribution in [0, 0.1) is 0 Å². The van der Waals surface area contributed by atoms with E-state index in [0.717, 1.165) is 18.2 Å². The molecule has 0 aromatic heterocycles. The maximum absolute atomic E-state index is 11.4. The first kappa shape index (κ1) is 13.6. The zero-order chi connectivity index (χ0) is 13.9. The SMILES string of the molecule is O=C=NS(=O)(=O)c1cc(C(=O)O)ccc1C(=O)O. The van der Waals surface area contributed by atoms with Crippen LogP contribution in [-0.2, 0) is 14.8 Å². The van der Waals surface area contributed by atoms with Crippen LogP contribution in [-0.4, -0.2) is 36.6 Å². The third-order valence-corrected chi connectivity index (χ3v) is 3.10. The van der Waals surface area contributed by atoms with Crippen molar-refractivity contribution in [3.63, 3.8) is 0 Å². The van der Waals surface area contributed by atoms with Crippen LogP contribution >= 0.6 is 0 Å². The minimum absolute atomic E-state index is 0.445. The smallest absolute Gasteiger partial charge is 0.337 e. The molecule has 18 heavy (non-hydrogen) atoms. The zero-order valence-electron chi connectivity index (χ0n) is 8.52. The lowest BCUT2D eigenvalue weighted by Crippen LogP contribution is -2.09. The van der Waals surface area contributed by atoms with Gasteiger partial charge in [-0.15, -0.1) is 0 Å². The lowest BCUT2D eigenvalue weighted by molar-refractivity contribution is 0.0678. The molecule has 0 amide bonds. The molecular weight excluding hydrogens is 266 g/mol.